The maximum absolute atomic E-state index is 12.8. The largest absolute Gasteiger partial charge is 0.294 e. The first-order valence-corrected chi connectivity index (χ1v) is 12.7. The molecule has 8 heteroatoms. The number of hydrogen-bond donors (Lipinski definition) is 1. The molecule has 0 aliphatic carbocycles. The summed E-state index contributed by atoms with van der Waals surface area (Å²) in [6.45, 7) is 3.39. The molecular formula is C29H22N6OS. The third-order valence-electron chi connectivity index (χ3n) is 6.17. The zero-order chi connectivity index (χ0) is 25.4. The zero-order valence-electron chi connectivity index (χ0n) is 20.2. The van der Waals surface area contributed by atoms with Gasteiger partial charge in [0.25, 0.3) is 0 Å². The van der Waals surface area contributed by atoms with Gasteiger partial charge < -0.3 is 0 Å². The van der Waals surface area contributed by atoms with E-state index in [4.69, 9.17) is 4.99 Å². The van der Waals surface area contributed by atoms with Gasteiger partial charge in [-0.05, 0) is 37.6 Å². The van der Waals surface area contributed by atoms with Crippen molar-refractivity contribution in [1.82, 2.24) is 24.7 Å². The number of rotatable bonds is 5. The summed E-state index contributed by atoms with van der Waals surface area (Å²) in [4.78, 5) is 27.5. The van der Waals surface area contributed by atoms with E-state index in [-0.39, 0.29) is 5.78 Å². The molecule has 0 spiro atoms. The third-order valence-corrected chi connectivity index (χ3v) is 6.99. The number of nitrogens with one attached hydrogen (secondary N) is 1. The van der Waals surface area contributed by atoms with Crippen molar-refractivity contribution < 1.29 is 4.79 Å². The summed E-state index contributed by atoms with van der Waals surface area (Å²) >= 11 is 1.53. The van der Waals surface area contributed by atoms with Gasteiger partial charge in [0, 0.05) is 40.2 Å². The summed E-state index contributed by atoms with van der Waals surface area (Å²) in [5.41, 5.74) is 6.42. The quantitative estimate of drug-likeness (QED) is 0.281. The lowest BCUT2D eigenvalue weighted by Crippen LogP contribution is -2.13. The van der Waals surface area contributed by atoms with Gasteiger partial charge in [-0.2, -0.15) is 10.1 Å². The molecule has 7 nitrogen and oxygen atoms in total. The Kier molecular flexibility index (Phi) is 5.78. The van der Waals surface area contributed by atoms with E-state index in [1.807, 2.05) is 55.5 Å². The Hall–Kier alpha value is -4.69. The first-order valence-electron chi connectivity index (χ1n) is 11.8. The van der Waals surface area contributed by atoms with Crippen molar-refractivity contribution in [2.45, 2.75) is 13.8 Å². The van der Waals surface area contributed by atoms with Gasteiger partial charge in [-0.1, -0.05) is 54.6 Å². The molecule has 6 rings (SSSR count). The topological polar surface area (TPSA) is 88.8 Å². The summed E-state index contributed by atoms with van der Waals surface area (Å²) in [6, 6.07) is 24.1. The van der Waals surface area contributed by atoms with Gasteiger partial charge in [-0.3, -0.25) is 19.4 Å². The lowest BCUT2D eigenvalue weighted by molar-refractivity contribution is 0.101. The highest BCUT2D eigenvalue weighted by atomic mass is 32.1. The summed E-state index contributed by atoms with van der Waals surface area (Å²) in [5, 5.41) is 10.4. The molecule has 4 heterocycles. The lowest BCUT2D eigenvalue weighted by Gasteiger charge is -2.11. The number of ketones is 1. The number of pyridine rings is 2. The van der Waals surface area contributed by atoms with Crippen molar-refractivity contribution in [1.29, 1.82) is 0 Å². The van der Waals surface area contributed by atoms with Crippen molar-refractivity contribution in [2.24, 2.45) is 4.99 Å². The number of aromatic amines is 1. The summed E-state index contributed by atoms with van der Waals surface area (Å²) in [6.07, 6.45) is 3.46. The van der Waals surface area contributed by atoms with E-state index in [0.29, 0.717) is 28.1 Å². The fraction of sp³-hybridized carbons (Fsp3) is 0.0690. The molecule has 6 aromatic rings. The molecule has 1 N–H and O–H groups in total. The number of carbonyl (C=O) groups excluding carboxylic acids is 1. The molecule has 0 unspecified atom stereocenters. The van der Waals surface area contributed by atoms with Crippen LogP contribution in [-0.2, 0) is 0 Å². The summed E-state index contributed by atoms with van der Waals surface area (Å²) in [5.74, 6) is 0.398. The van der Waals surface area contributed by atoms with E-state index < -0.39 is 0 Å². The van der Waals surface area contributed by atoms with Crippen molar-refractivity contribution in [3.8, 4) is 28.1 Å². The van der Waals surface area contributed by atoms with Gasteiger partial charge in [0.1, 0.15) is 0 Å². The van der Waals surface area contributed by atoms with Crippen LogP contribution in [0.15, 0.2) is 95.6 Å². The predicted molar refractivity (Wildman–Crippen MR) is 146 cm³/mol. The van der Waals surface area contributed by atoms with Crippen molar-refractivity contribution in [3.63, 3.8) is 0 Å². The molecule has 0 amide bonds. The SMILES string of the molecule is CC(=O)c1c(C)nc2[nH]nc(N=c3scc(-c4ccccc4)n3-c3ccccc3)c2c1-c1cccnc1. The molecule has 37 heavy (non-hydrogen) atoms. The van der Waals surface area contributed by atoms with Crippen molar-refractivity contribution in [3.05, 3.63) is 107 Å². The standard InChI is InChI=1S/C29H22N6OS/c1-18-24(19(2)36)25(21-12-9-15-30-16-21)26-27(31-18)33-34-28(26)32-29-35(22-13-7-4-8-14-22)23(17-37-29)20-10-5-3-6-11-20/h3-17H,1-2H3,(H,31,33,34). The first kappa shape index (κ1) is 22.8. The van der Waals surface area contributed by atoms with Crippen LogP contribution in [0.25, 0.3) is 39.1 Å². The number of thiazole rings is 1. The van der Waals surface area contributed by atoms with Gasteiger partial charge in [0.05, 0.1) is 16.8 Å². The van der Waals surface area contributed by atoms with E-state index in [1.165, 1.54) is 11.3 Å². The molecule has 2 aromatic carbocycles. The molecule has 0 bridgehead atoms. The number of Topliss-reactive ketones (excluding diaryl/α,β-unsaturated/α-hetero) is 1. The Labute approximate surface area is 216 Å². The molecule has 0 radical (unpaired) electrons. The molecule has 0 saturated carbocycles. The van der Waals surface area contributed by atoms with Gasteiger partial charge in [0.2, 0.25) is 0 Å². The van der Waals surface area contributed by atoms with Crippen LogP contribution in [0.2, 0.25) is 0 Å². The smallest absolute Gasteiger partial charge is 0.196 e. The van der Waals surface area contributed by atoms with Crippen LogP contribution < -0.4 is 4.80 Å². The second kappa shape index (κ2) is 9.40. The van der Waals surface area contributed by atoms with Gasteiger partial charge in [-0.15, -0.1) is 11.3 Å². The van der Waals surface area contributed by atoms with Gasteiger partial charge in [0.15, 0.2) is 22.0 Å². The Balaban J connectivity index is 1.67. The lowest BCUT2D eigenvalue weighted by atomic mass is 9.95. The number of nitrogens with zero attached hydrogens (tertiary/aromatic N) is 5. The first-order chi connectivity index (χ1) is 18.1. The molecule has 4 aromatic heterocycles. The monoisotopic (exact) mass is 502 g/mol. The third kappa shape index (κ3) is 4.07. The van der Waals surface area contributed by atoms with Crippen LogP contribution in [0.1, 0.15) is 23.0 Å². The molecule has 0 saturated heterocycles. The Morgan fingerprint density at radius 2 is 1.70 bits per heavy atom. The van der Waals surface area contributed by atoms with E-state index in [2.05, 4.69) is 54.4 Å². The number of benzene rings is 2. The molecule has 0 atom stereocenters. The highest BCUT2D eigenvalue weighted by Crippen LogP contribution is 2.37. The number of aromatic nitrogens is 5. The summed E-state index contributed by atoms with van der Waals surface area (Å²) in [7, 11) is 0. The number of carbonyl (C=O) groups is 1. The number of hydrogen-bond acceptors (Lipinski definition) is 6. The summed E-state index contributed by atoms with van der Waals surface area (Å²) < 4.78 is 2.12. The zero-order valence-corrected chi connectivity index (χ0v) is 21.0. The van der Waals surface area contributed by atoms with Crippen LogP contribution in [0.4, 0.5) is 5.82 Å². The predicted octanol–water partition coefficient (Wildman–Crippen LogP) is 6.28. The molecular weight excluding hydrogens is 480 g/mol. The second-order valence-electron chi connectivity index (χ2n) is 8.57. The average Bonchev–Trinajstić information content (AvgIpc) is 3.53. The number of para-hydroxylation sites is 1. The molecule has 0 aliphatic heterocycles. The highest BCUT2D eigenvalue weighted by Gasteiger charge is 2.22. The average molecular weight is 503 g/mol. The number of aryl methyl sites for hydroxylation is 1. The minimum Gasteiger partial charge on any atom is -0.294 e. The maximum Gasteiger partial charge on any atom is 0.196 e. The van der Waals surface area contributed by atoms with Crippen LogP contribution in [0.3, 0.4) is 0 Å². The maximum atomic E-state index is 12.8. The highest BCUT2D eigenvalue weighted by molar-refractivity contribution is 7.07. The number of H-pyrrole nitrogens is 1. The van der Waals surface area contributed by atoms with E-state index in [9.17, 15) is 4.79 Å². The fourth-order valence-electron chi connectivity index (χ4n) is 4.59. The molecule has 0 fully saturated rings. The molecule has 0 aliphatic rings. The van der Waals surface area contributed by atoms with Crippen LogP contribution in [0.5, 0.6) is 0 Å². The molecule has 180 valence electrons. The Bertz CT molecular complexity index is 1800. The Morgan fingerprint density at radius 1 is 0.973 bits per heavy atom. The number of fused-ring (bicyclic) bond motifs is 1. The van der Waals surface area contributed by atoms with Crippen molar-refractivity contribution >= 4 is 34.0 Å². The minimum atomic E-state index is -0.0697. The Morgan fingerprint density at radius 3 is 2.41 bits per heavy atom. The van der Waals surface area contributed by atoms with Crippen LogP contribution >= 0.6 is 11.3 Å². The van der Waals surface area contributed by atoms with E-state index in [0.717, 1.165) is 32.9 Å². The van der Waals surface area contributed by atoms with E-state index >= 15 is 0 Å². The van der Waals surface area contributed by atoms with Crippen LogP contribution in [-0.4, -0.2) is 30.5 Å². The minimum absolute atomic E-state index is 0.0697. The second-order valence-corrected chi connectivity index (χ2v) is 9.40. The van der Waals surface area contributed by atoms with Crippen LogP contribution in [0, 0.1) is 6.92 Å². The fourth-order valence-corrected chi connectivity index (χ4v) is 5.50. The van der Waals surface area contributed by atoms with E-state index in [1.54, 1.807) is 19.3 Å². The van der Waals surface area contributed by atoms with Gasteiger partial charge >= 0.3 is 0 Å². The van der Waals surface area contributed by atoms with Crippen molar-refractivity contribution in [2.75, 3.05) is 0 Å². The van der Waals surface area contributed by atoms with Gasteiger partial charge in [-0.25, -0.2) is 4.98 Å². The normalized spacial score (nSPS) is 11.8.